The van der Waals surface area contributed by atoms with Gasteiger partial charge in [-0.05, 0) is 11.1 Å². The molecule has 1 N–H and O–H groups in total. The number of aromatic carboxylic acids is 1. The maximum Gasteiger partial charge on any atom is 0.0715 e. The Hall–Kier alpha value is -1.35. The van der Waals surface area contributed by atoms with E-state index in [1.165, 1.54) is 12.1 Å². The fourth-order valence-electron chi connectivity index (χ4n) is 0.746. The van der Waals surface area contributed by atoms with Crippen LogP contribution in [-0.4, -0.2) is 11.1 Å². The molecular formula is C8H7O3-. The van der Waals surface area contributed by atoms with Gasteiger partial charge in [0.1, 0.15) is 0 Å². The monoisotopic (exact) mass is 151 g/mol. The molecule has 0 fully saturated rings. The second kappa shape index (κ2) is 3.16. The van der Waals surface area contributed by atoms with E-state index < -0.39 is 5.97 Å². The van der Waals surface area contributed by atoms with E-state index >= 15 is 0 Å². The molecule has 3 nitrogen and oxygen atoms in total. The number of carbonyl (C=O) groups is 1. The number of aliphatic hydroxyl groups is 1. The number of carboxylic acid groups (broad SMARTS) is 1. The summed E-state index contributed by atoms with van der Waals surface area (Å²) in [6.07, 6.45) is 0. The van der Waals surface area contributed by atoms with Gasteiger partial charge in [0, 0.05) is 0 Å². The predicted molar refractivity (Wildman–Crippen MR) is 36.7 cm³/mol. The zero-order valence-corrected chi connectivity index (χ0v) is 5.78. The molecule has 0 unspecified atom stereocenters. The third-order valence-electron chi connectivity index (χ3n) is 1.37. The van der Waals surface area contributed by atoms with Crippen molar-refractivity contribution < 1.29 is 15.0 Å². The Labute approximate surface area is 63.9 Å². The van der Waals surface area contributed by atoms with Crippen molar-refractivity contribution in [1.29, 1.82) is 0 Å². The average molecular weight is 151 g/mol. The summed E-state index contributed by atoms with van der Waals surface area (Å²) >= 11 is 0. The summed E-state index contributed by atoms with van der Waals surface area (Å²) < 4.78 is 0. The van der Waals surface area contributed by atoms with Crippen molar-refractivity contribution in [1.82, 2.24) is 0 Å². The van der Waals surface area contributed by atoms with E-state index in [0.717, 1.165) is 0 Å². The Morgan fingerprint density at radius 2 is 1.91 bits per heavy atom. The van der Waals surface area contributed by atoms with Crippen LogP contribution >= 0.6 is 0 Å². The summed E-state index contributed by atoms with van der Waals surface area (Å²) in [7, 11) is 0. The van der Waals surface area contributed by atoms with E-state index in [1.54, 1.807) is 12.1 Å². The van der Waals surface area contributed by atoms with Crippen LogP contribution in [0.25, 0.3) is 0 Å². The van der Waals surface area contributed by atoms with Crippen LogP contribution < -0.4 is 5.11 Å². The van der Waals surface area contributed by atoms with Gasteiger partial charge in [0.2, 0.25) is 0 Å². The van der Waals surface area contributed by atoms with Crippen molar-refractivity contribution in [3.05, 3.63) is 35.4 Å². The molecule has 1 aromatic rings. The number of carboxylic acids is 1. The number of aliphatic hydroxyl groups excluding tert-OH is 1. The van der Waals surface area contributed by atoms with Crippen molar-refractivity contribution in [2.75, 3.05) is 0 Å². The quantitative estimate of drug-likeness (QED) is 0.622. The Morgan fingerprint density at radius 3 is 2.27 bits per heavy atom. The van der Waals surface area contributed by atoms with Crippen LogP contribution in [0.5, 0.6) is 0 Å². The molecular weight excluding hydrogens is 144 g/mol. The molecule has 0 atom stereocenters. The van der Waals surface area contributed by atoms with Gasteiger partial charge in [-0.2, -0.15) is 0 Å². The molecule has 0 aliphatic carbocycles. The lowest BCUT2D eigenvalue weighted by atomic mass is 10.1. The van der Waals surface area contributed by atoms with Gasteiger partial charge in [0.05, 0.1) is 12.6 Å². The summed E-state index contributed by atoms with van der Waals surface area (Å²) in [4.78, 5) is 10.2. The molecule has 0 aliphatic rings. The molecule has 0 heterocycles. The lowest BCUT2D eigenvalue weighted by Crippen LogP contribution is -2.21. The second-order valence-electron chi connectivity index (χ2n) is 2.14. The lowest BCUT2D eigenvalue weighted by molar-refractivity contribution is -0.255. The zero-order chi connectivity index (χ0) is 8.27. The highest BCUT2D eigenvalue weighted by Crippen LogP contribution is 2.02. The number of hydrogen-bond acceptors (Lipinski definition) is 3. The van der Waals surface area contributed by atoms with E-state index in [9.17, 15) is 9.90 Å². The number of benzene rings is 1. The van der Waals surface area contributed by atoms with E-state index in [1.807, 2.05) is 0 Å². The van der Waals surface area contributed by atoms with Crippen LogP contribution in [0.4, 0.5) is 0 Å². The van der Waals surface area contributed by atoms with Crippen molar-refractivity contribution in [2.24, 2.45) is 0 Å². The molecule has 58 valence electrons. The van der Waals surface area contributed by atoms with Gasteiger partial charge in [-0.1, -0.05) is 24.3 Å². The minimum Gasteiger partial charge on any atom is -0.545 e. The SMILES string of the molecule is O=C([O-])c1ccc(CO)cc1. The van der Waals surface area contributed by atoms with Gasteiger partial charge in [-0.15, -0.1) is 0 Å². The molecule has 0 amide bonds. The predicted octanol–water partition coefficient (Wildman–Crippen LogP) is -0.458. The highest BCUT2D eigenvalue weighted by atomic mass is 16.4. The van der Waals surface area contributed by atoms with Crippen molar-refractivity contribution in [3.63, 3.8) is 0 Å². The van der Waals surface area contributed by atoms with Crippen LogP contribution in [0.2, 0.25) is 0 Å². The van der Waals surface area contributed by atoms with Crippen LogP contribution in [-0.2, 0) is 6.61 Å². The maximum atomic E-state index is 10.2. The maximum absolute atomic E-state index is 10.2. The zero-order valence-electron chi connectivity index (χ0n) is 5.78. The normalized spacial score (nSPS) is 9.55. The van der Waals surface area contributed by atoms with Crippen LogP contribution in [0, 0.1) is 0 Å². The molecule has 0 spiro atoms. The molecule has 0 saturated heterocycles. The van der Waals surface area contributed by atoms with Gasteiger partial charge in [-0.25, -0.2) is 0 Å². The molecule has 0 bridgehead atoms. The molecule has 0 aromatic heterocycles. The number of carbonyl (C=O) groups excluding carboxylic acids is 1. The van der Waals surface area contributed by atoms with Crippen LogP contribution in [0.3, 0.4) is 0 Å². The van der Waals surface area contributed by atoms with Gasteiger partial charge < -0.3 is 15.0 Å². The Morgan fingerprint density at radius 1 is 1.36 bits per heavy atom. The minimum absolute atomic E-state index is 0.0761. The summed E-state index contributed by atoms with van der Waals surface area (Å²) in [5, 5.41) is 18.8. The minimum atomic E-state index is -1.20. The highest BCUT2D eigenvalue weighted by molar-refractivity contribution is 5.85. The largest absolute Gasteiger partial charge is 0.545 e. The fraction of sp³-hybridized carbons (Fsp3) is 0.125. The summed E-state index contributed by atoms with van der Waals surface area (Å²) in [6, 6.07) is 5.90. The first kappa shape index (κ1) is 7.75. The van der Waals surface area contributed by atoms with Crippen molar-refractivity contribution in [2.45, 2.75) is 6.61 Å². The molecule has 0 radical (unpaired) electrons. The molecule has 0 aliphatic heterocycles. The van der Waals surface area contributed by atoms with Crippen molar-refractivity contribution >= 4 is 5.97 Å². The summed E-state index contributed by atoms with van der Waals surface area (Å²) in [6.45, 7) is -0.0761. The van der Waals surface area contributed by atoms with E-state index in [2.05, 4.69) is 0 Å². The first-order valence-corrected chi connectivity index (χ1v) is 3.15. The van der Waals surface area contributed by atoms with Crippen LogP contribution in [0.15, 0.2) is 24.3 Å². The van der Waals surface area contributed by atoms with Crippen molar-refractivity contribution in [3.8, 4) is 0 Å². The Bertz CT molecular complexity index is 251. The highest BCUT2D eigenvalue weighted by Gasteiger charge is 1.92. The fourth-order valence-corrected chi connectivity index (χ4v) is 0.746. The molecule has 0 saturated carbocycles. The third-order valence-corrected chi connectivity index (χ3v) is 1.37. The Kier molecular flexibility index (Phi) is 2.23. The van der Waals surface area contributed by atoms with Gasteiger partial charge in [-0.3, -0.25) is 0 Å². The van der Waals surface area contributed by atoms with E-state index in [4.69, 9.17) is 5.11 Å². The molecule has 1 aromatic carbocycles. The summed E-state index contributed by atoms with van der Waals surface area (Å²) in [5.74, 6) is -1.20. The lowest BCUT2D eigenvalue weighted by Gasteiger charge is -2.01. The number of rotatable bonds is 2. The molecule has 11 heavy (non-hydrogen) atoms. The van der Waals surface area contributed by atoms with Crippen LogP contribution in [0.1, 0.15) is 15.9 Å². The average Bonchev–Trinajstić information content (AvgIpc) is 2.05. The Balaban J connectivity index is 2.91. The topological polar surface area (TPSA) is 60.4 Å². The summed E-state index contributed by atoms with van der Waals surface area (Å²) in [5.41, 5.74) is 0.817. The van der Waals surface area contributed by atoms with Gasteiger partial charge >= 0.3 is 0 Å². The third kappa shape index (κ3) is 1.78. The molecule has 1 rings (SSSR count). The first-order chi connectivity index (χ1) is 5.24. The van der Waals surface area contributed by atoms with E-state index in [0.29, 0.717) is 5.56 Å². The van der Waals surface area contributed by atoms with E-state index in [-0.39, 0.29) is 12.2 Å². The smallest absolute Gasteiger partial charge is 0.0715 e. The first-order valence-electron chi connectivity index (χ1n) is 3.15. The van der Waals surface area contributed by atoms with Gasteiger partial charge in [0.25, 0.3) is 0 Å². The standard InChI is InChI=1S/C8H8O3/c9-5-6-1-3-7(4-2-6)8(10)11/h1-4,9H,5H2,(H,10,11)/p-1. The van der Waals surface area contributed by atoms with Gasteiger partial charge in [0.15, 0.2) is 0 Å². The molecule has 3 heteroatoms. The second-order valence-corrected chi connectivity index (χ2v) is 2.14. The number of hydrogen-bond donors (Lipinski definition) is 1.